The molecule has 5 N–H and O–H groups in total. The van der Waals surface area contributed by atoms with Crippen molar-refractivity contribution in [2.24, 2.45) is 5.73 Å². The van der Waals surface area contributed by atoms with E-state index in [1.54, 1.807) is 6.92 Å². The molecule has 0 bridgehead atoms. The van der Waals surface area contributed by atoms with Gasteiger partial charge < -0.3 is 25.7 Å². The Balaban J connectivity index is 1.39. The van der Waals surface area contributed by atoms with Crippen LogP contribution >= 0.6 is 34.9 Å². The average molecular weight is 631 g/mol. The summed E-state index contributed by atoms with van der Waals surface area (Å²) in [5, 5.41) is 30.3. The fourth-order valence-electron chi connectivity index (χ4n) is 4.46. The maximum Gasteiger partial charge on any atom is 0.352 e. The van der Waals surface area contributed by atoms with E-state index >= 15 is 0 Å². The number of amides is 5. The standard InChI is InChI=1S/C25H22N6O8S3/c1-11-28-29-25(42-11)41-10-14-9-40-22-16(21(35)30(22)18(14)23(36)37)27-19(33)17(12-2-4-15(32)5-3-12)31(24(26)38)20(34)13-6-7-39-8-13/h2-8,16-17,22,32H,9-10H2,1H3,(H2,26,38)(H,27,33)(H,36,37)/t16-,17?,22-/m0/s1. The quantitative estimate of drug-likeness (QED) is 0.197. The molecule has 5 amide bonds. The highest BCUT2D eigenvalue weighted by Gasteiger charge is 2.55. The fourth-order valence-corrected chi connectivity index (χ4v) is 7.76. The number of aliphatic carboxylic acids is 1. The van der Waals surface area contributed by atoms with E-state index in [0.29, 0.717) is 14.8 Å². The van der Waals surface area contributed by atoms with Crippen molar-refractivity contribution in [3.63, 3.8) is 0 Å². The minimum absolute atomic E-state index is 0.0514. The number of aromatic hydroxyl groups is 1. The minimum atomic E-state index is -1.63. The van der Waals surface area contributed by atoms with E-state index in [1.165, 1.54) is 71.5 Å². The number of furan rings is 1. The lowest BCUT2D eigenvalue weighted by Crippen LogP contribution is -2.71. The van der Waals surface area contributed by atoms with Gasteiger partial charge in [-0.25, -0.2) is 14.5 Å². The zero-order valence-corrected chi connectivity index (χ0v) is 24.1. The Morgan fingerprint density at radius 1 is 1.24 bits per heavy atom. The number of benzene rings is 1. The summed E-state index contributed by atoms with van der Waals surface area (Å²) in [5.41, 5.74) is 5.98. The summed E-state index contributed by atoms with van der Waals surface area (Å²) < 4.78 is 5.59. The van der Waals surface area contributed by atoms with E-state index in [4.69, 9.17) is 10.2 Å². The van der Waals surface area contributed by atoms with Gasteiger partial charge in [-0.3, -0.25) is 19.3 Å². The van der Waals surface area contributed by atoms with Crippen LogP contribution in [0.5, 0.6) is 5.75 Å². The van der Waals surface area contributed by atoms with Crippen LogP contribution in [0.25, 0.3) is 0 Å². The molecule has 0 aliphatic carbocycles. The molecule has 4 heterocycles. The van der Waals surface area contributed by atoms with Crippen molar-refractivity contribution in [3.05, 3.63) is 70.3 Å². The number of fused-ring (bicyclic) bond motifs is 1. The summed E-state index contributed by atoms with van der Waals surface area (Å²) in [6, 6.07) is 2.46. The third-order valence-corrected chi connectivity index (χ3v) is 9.76. The summed E-state index contributed by atoms with van der Waals surface area (Å²) >= 11 is 3.96. The number of primary amides is 1. The Bertz CT molecular complexity index is 1590. The number of aromatic nitrogens is 2. The minimum Gasteiger partial charge on any atom is -0.508 e. The van der Waals surface area contributed by atoms with Gasteiger partial charge in [0.25, 0.3) is 11.8 Å². The second-order valence-corrected chi connectivity index (χ2v) is 12.6. The van der Waals surface area contributed by atoms with Gasteiger partial charge in [0.2, 0.25) is 5.91 Å². The number of rotatable bonds is 9. The molecule has 0 saturated carbocycles. The Morgan fingerprint density at radius 3 is 2.57 bits per heavy atom. The second-order valence-electron chi connectivity index (χ2n) is 9.05. The van der Waals surface area contributed by atoms with E-state index in [1.807, 2.05) is 0 Å². The number of phenolic OH excluding ortho intramolecular Hbond substituents is 1. The maximum atomic E-state index is 13.7. The molecular formula is C25H22N6O8S3. The normalized spacial score (nSPS) is 18.6. The highest BCUT2D eigenvalue weighted by Crippen LogP contribution is 2.42. The van der Waals surface area contributed by atoms with E-state index in [0.717, 1.165) is 16.2 Å². The number of aryl methyl sites for hydroxylation is 1. The lowest BCUT2D eigenvalue weighted by Gasteiger charge is -2.49. The van der Waals surface area contributed by atoms with E-state index < -0.39 is 47.2 Å². The fraction of sp³-hybridized carbons (Fsp3) is 0.240. The van der Waals surface area contributed by atoms with Crippen LogP contribution in [0.4, 0.5) is 4.79 Å². The van der Waals surface area contributed by atoms with Crippen LogP contribution in [-0.2, 0) is 14.4 Å². The monoisotopic (exact) mass is 630 g/mol. The lowest BCUT2D eigenvalue weighted by atomic mass is 10.00. The number of hydrogen-bond donors (Lipinski definition) is 4. The zero-order chi connectivity index (χ0) is 30.1. The van der Waals surface area contributed by atoms with Crippen molar-refractivity contribution in [2.45, 2.75) is 28.7 Å². The third-order valence-electron chi connectivity index (χ3n) is 6.36. The van der Waals surface area contributed by atoms with Crippen LogP contribution < -0.4 is 11.1 Å². The van der Waals surface area contributed by atoms with Gasteiger partial charge in [0.05, 0.1) is 11.8 Å². The Morgan fingerprint density at radius 2 is 1.98 bits per heavy atom. The molecule has 0 radical (unpaired) electrons. The molecule has 1 unspecified atom stereocenters. The van der Waals surface area contributed by atoms with Gasteiger partial charge in [-0.15, -0.1) is 22.0 Å². The van der Waals surface area contributed by atoms with Crippen molar-refractivity contribution in [3.8, 4) is 5.75 Å². The van der Waals surface area contributed by atoms with Gasteiger partial charge in [-0.2, -0.15) is 0 Å². The van der Waals surface area contributed by atoms with Crippen LogP contribution in [0.3, 0.4) is 0 Å². The smallest absolute Gasteiger partial charge is 0.352 e. The number of nitrogens with two attached hydrogens (primary N) is 1. The summed E-state index contributed by atoms with van der Waals surface area (Å²) in [4.78, 5) is 66.5. The number of carbonyl (C=O) groups is 5. The number of imide groups is 1. The molecule has 1 fully saturated rings. The zero-order valence-electron chi connectivity index (χ0n) is 21.6. The first-order valence-electron chi connectivity index (χ1n) is 12.1. The number of nitrogens with zero attached hydrogens (tertiary/aromatic N) is 4. The van der Waals surface area contributed by atoms with Crippen LogP contribution in [0.1, 0.15) is 27.0 Å². The largest absolute Gasteiger partial charge is 0.508 e. The van der Waals surface area contributed by atoms with Gasteiger partial charge in [0.1, 0.15) is 40.2 Å². The first-order chi connectivity index (χ1) is 20.1. The first kappa shape index (κ1) is 29.2. The second kappa shape index (κ2) is 11.9. The Labute approximate surface area is 249 Å². The van der Waals surface area contributed by atoms with Crippen molar-refractivity contribution in [1.82, 2.24) is 25.3 Å². The molecule has 14 nitrogen and oxygen atoms in total. The van der Waals surface area contributed by atoms with Crippen LogP contribution in [0, 0.1) is 6.92 Å². The molecule has 1 aromatic carbocycles. The summed E-state index contributed by atoms with van der Waals surface area (Å²) in [5.74, 6) is -3.36. The topological polar surface area (TPSA) is 209 Å². The van der Waals surface area contributed by atoms with Gasteiger partial charge in [0, 0.05) is 11.5 Å². The van der Waals surface area contributed by atoms with Gasteiger partial charge >= 0.3 is 12.0 Å². The first-order valence-corrected chi connectivity index (χ1v) is 15.0. The molecule has 2 aliphatic heterocycles. The molecule has 0 spiro atoms. The Kier molecular flexibility index (Phi) is 8.24. The number of hydrogen-bond acceptors (Lipinski definition) is 12. The number of phenols is 1. The predicted octanol–water partition coefficient (Wildman–Crippen LogP) is 1.94. The lowest BCUT2D eigenvalue weighted by molar-refractivity contribution is -0.151. The van der Waals surface area contributed by atoms with Gasteiger partial charge in [0.15, 0.2) is 4.34 Å². The highest BCUT2D eigenvalue weighted by molar-refractivity contribution is 8.01. The van der Waals surface area contributed by atoms with Crippen molar-refractivity contribution in [1.29, 1.82) is 0 Å². The van der Waals surface area contributed by atoms with Crippen molar-refractivity contribution in [2.75, 3.05) is 11.5 Å². The maximum absolute atomic E-state index is 13.7. The van der Waals surface area contributed by atoms with E-state index in [2.05, 4.69) is 15.5 Å². The number of β-lactam (4-membered cyclic amide) rings is 1. The highest BCUT2D eigenvalue weighted by atomic mass is 32.2. The molecule has 3 atom stereocenters. The van der Waals surface area contributed by atoms with Crippen LogP contribution in [0.2, 0.25) is 0 Å². The number of nitrogens with one attached hydrogen (secondary N) is 1. The molecule has 17 heteroatoms. The van der Waals surface area contributed by atoms with Crippen LogP contribution in [-0.4, -0.2) is 82.9 Å². The van der Waals surface area contributed by atoms with E-state index in [9.17, 15) is 34.2 Å². The van der Waals surface area contributed by atoms with Gasteiger partial charge in [-0.05, 0) is 36.3 Å². The SMILES string of the molecule is Cc1nnc(SCC2=C(C(=O)O)N3C(=O)[C@H](NC(=O)C(c4ccc(O)cc4)N(C(N)=O)C(=O)c4ccoc4)[C@@H]3SC2)s1. The molecule has 218 valence electrons. The Hall–Kier alpha value is -4.35. The molecule has 1 saturated heterocycles. The third kappa shape index (κ3) is 5.57. The number of carboxylic acids is 1. The van der Waals surface area contributed by atoms with Gasteiger partial charge in [-0.1, -0.05) is 35.2 Å². The van der Waals surface area contributed by atoms with E-state index in [-0.39, 0.29) is 34.1 Å². The number of urea groups is 1. The van der Waals surface area contributed by atoms with Crippen molar-refractivity contribution >= 4 is 64.6 Å². The number of thioether (sulfide) groups is 2. The summed E-state index contributed by atoms with van der Waals surface area (Å²) in [6.45, 7) is 1.81. The molecule has 2 aliphatic rings. The molecular weight excluding hydrogens is 609 g/mol. The predicted molar refractivity (Wildman–Crippen MR) is 150 cm³/mol. The van der Waals surface area contributed by atoms with Crippen molar-refractivity contribution < 1.29 is 38.6 Å². The number of carboxylic acid groups (broad SMARTS) is 1. The van der Waals surface area contributed by atoms with Crippen LogP contribution in [0.15, 0.2) is 62.9 Å². The average Bonchev–Trinajstić information content (AvgIpc) is 3.65. The molecule has 2 aromatic heterocycles. The molecule has 5 rings (SSSR count). The molecule has 42 heavy (non-hydrogen) atoms. The summed E-state index contributed by atoms with van der Waals surface area (Å²) in [6.07, 6.45) is 2.29. The summed E-state index contributed by atoms with van der Waals surface area (Å²) in [7, 11) is 0. The number of carbonyl (C=O) groups excluding carboxylic acids is 4. The molecule has 3 aromatic rings.